The number of carbonyl (C=O) groups is 4. The summed E-state index contributed by atoms with van der Waals surface area (Å²) >= 11 is 0. The Balaban J connectivity index is 2.70. The van der Waals surface area contributed by atoms with Crippen molar-refractivity contribution in [2.24, 2.45) is 0 Å². The number of aliphatic hydroxyl groups is 2. The molecule has 6 unspecified atom stereocenters. The minimum atomic E-state index is -1.90. The SMILES string of the molecule is CC/C=C\C/C=C\C/C=C\C/C=C\C/C=C\CCCCCC(=O)OCC(COC1OC(C(=O)O)C(O)C(O)C1OC(=O)CCCCCCCCCCCCC)OC(=O)CCCCCCCCCCCCCCC. The van der Waals surface area contributed by atoms with Gasteiger partial charge in [-0.05, 0) is 64.2 Å². The number of allylic oxidation sites excluding steroid dienone is 10. The molecule has 6 atom stereocenters. The molecule has 420 valence electrons. The number of carbonyl (C=O) groups excluding carboxylic acids is 3. The Hall–Kier alpha value is -3.58. The molecule has 1 saturated heterocycles. The molecule has 0 saturated carbocycles. The second kappa shape index (κ2) is 49.3. The Labute approximate surface area is 443 Å². The molecule has 0 aliphatic carbocycles. The highest BCUT2D eigenvalue weighted by molar-refractivity contribution is 5.74. The van der Waals surface area contributed by atoms with Gasteiger partial charge in [0.1, 0.15) is 18.8 Å². The molecular weight excluding hydrogens is 925 g/mol. The van der Waals surface area contributed by atoms with Gasteiger partial charge in [0.2, 0.25) is 0 Å². The summed E-state index contributed by atoms with van der Waals surface area (Å²) in [5.74, 6) is -3.15. The molecule has 0 aromatic heterocycles. The molecule has 1 aliphatic heterocycles. The molecular formula is C61H104O12. The first-order valence-electron chi connectivity index (χ1n) is 29.3. The van der Waals surface area contributed by atoms with Crippen LogP contribution >= 0.6 is 0 Å². The highest BCUT2D eigenvalue weighted by Gasteiger charge is 2.50. The van der Waals surface area contributed by atoms with Gasteiger partial charge in [-0.2, -0.15) is 0 Å². The van der Waals surface area contributed by atoms with Gasteiger partial charge in [0, 0.05) is 19.3 Å². The molecule has 0 bridgehead atoms. The lowest BCUT2D eigenvalue weighted by Gasteiger charge is -2.40. The van der Waals surface area contributed by atoms with Crippen LogP contribution in [0.5, 0.6) is 0 Å². The van der Waals surface area contributed by atoms with Gasteiger partial charge in [-0.25, -0.2) is 4.79 Å². The molecule has 0 spiro atoms. The number of hydrogen-bond donors (Lipinski definition) is 3. The minimum absolute atomic E-state index is 0.0597. The van der Waals surface area contributed by atoms with Crippen molar-refractivity contribution in [3.63, 3.8) is 0 Å². The van der Waals surface area contributed by atoms with E-state index in [1.807, 2.05) is 0 Å². The summed E-state index contributed by atoms with van der Waals surface area (Å²) in [7, 11) is 0. The highest BCUT2D eigenvalue weighted by Crippen LogP contribution is 2.26. The maximum absolute atomic E-state index is 13.1. The number of esters is 3. The summed E-state index contributed by atoms with van der Waals surface area (Å²) in [5, 5.41) is 31.4. The van der Waals surface area contributed by atoms with E-state index in [2.05, 4.69) is 81.5 Å². The third kappa shape index (κ3) is 39.5. The highest BCUT2D eigenvalue weighted by atomic mass is 16.7. The molecule has 0 aromatic rings. The molecule has 0 radical (unpaired) electrons. The topological polar surface area (TPSA) is 175 Å². The van der Waals surface area contributed by atoms with Gasteiger partial charge in [-0.15, -0.1) is 0 Å². The van der Waals surface area contributed by atoms with Gasteiger partial charge in [-0.1, -0.05) is 229 Å². The number of hydrogen-bond acceptors (Lipinski definition) is 11. The first kappa shape index (κ1) is 67.4. The average molecular weight is 1030 g/mol. The largest absolute Gasteiger partial charge is 0.479 e. The standard InChI is InChI=1S/C61H104O12/c1-4-7-10-13-16-19-22-24-25-26-27-28-29-31-33-35-38-41-44-47-53(62)69-50-52(71-54(63)48-45-42-39-37-34-30-23-20-17-14-11-8-5-2)51-70-61-59(57(66)56(65)58(73-61)60(67)68)72-55(64)49-46-43-40-36-32-21-18-15-12-9-6-3/h7,10,16,19,24-25,27-28,31,33,52,56-59,61,65-66H,4-6,8-9,11-15,17-18,20-23,26,29-30,32,34-51H2,1-3H3,(H,67,68)/b10-7-,19-16-,25-24-,28-27-,33-31-. The van der Waals surface area contributed by atoms with Crippen LogP contribution in [0.2, 0.25) is 0 Å². The summed E-state index contributed by atoms with van der Waals surface area (Å²) in [6, 6.07) is 0. The van der Waals surface area contributed by atoms with Crippen molar-refractivity contribution in [3.8, 4) is 0 Å². The minimum Gasteiger partial charge on any atom is -0.479 e. The fraction of sp³-hybridized carbons (Fsp3) is 0.770. The van der Waals surface area contributed by atoms with Gasteiger partial charge < -0.3 is 39.0 Å². The van der Waals surface area contributed by atoms with E-state index in [1.54, 1.807) is 0 Å². The Kier molecular flexibility index (Phi) is 45.5. The van der Waals surface area contributed by atoms with Crippen molar-refractivity contribution < 1.29 is 58.2 Å². The predicted octanol–water partition coefficient (Wildman–Crippen LogP) is 14.8. The molecule has 0 amide bonds. The normalized spacial score (nSPS) is 18.7. The van der Waals surface area contributed by atoms with Crippen LogP contribution in [0.4, 0.5) is 0 Å². The number of carboxylic acids is 1. The second-order valence-electron chi connectivity index (χ2n) is 19.9. The molecule has 1 aliphatic rings. The lowest BCUT2D eigenvalue weighted by atomic mass is 9.98. The van der Waals surface area contributed by atoms with E-state index in [1.165, 1.54) is 96.3 Å². The number of carboxylic acid groups (broad SMARTS) is 1. The fourth-order valence-corrected chi connectivity index (χ4v) is 8.63. The van der Waals surface area contributed by atoms with E-state index in [0.29, 0.717) is 19.3 Å². The molecule has 12 nitrogen and oxygen atoms in total. The molecule has 12 heteroatoms. The zero-order valence-corrected chi connectivity index (χ0v) is 46.1. The number of aliphatic hydroxyl groups excluding tert-OH is 2. The first-order valence-corrected chi connectivity index (χ1v) is 29.3. The summed E-state index contributed by atoms with van der Waals surface area (Å²) in [6.45, 7) is 5.84. The number of aliphatic carboxylic acids is 1. The summed E-state index contributed by atoms with van der Waals surface area (Å²) in [6.07, 6.45) is 47.7. The van der Waals surface area contributed by atoms with Crippen molar-refractivity contribution >= 4 is 23.9 Å². The summed E-state index contributed by atoms with van der Waals surface area (Å²) in [4.78, 5) is 51.0. The van der Waals surface area contributed by atoms with Crippen LogP contribution in [0.15, 0.2) is 60.8 Å². The molecule has 1 rings (SSSR count). The monoisotopic (exact) mass is 1030 g/mol. The fourth-order valence-electron chi connectivity index (χ4n) is 8.63. The predicted molar refractivity (Wildman–Crippen MR) is 294 cm³/mol. The Morgan fingerprint density at radius 1 is 0.466 bits per heavy atom. The van der Waals surface area contributed by atoms with Crippen LogP contribution in [-0.2, 0) is 42.9 Å². The van der Waals surface area contributed by atoms with Crippen molar-refractivity contribution in [2.75, 3.05) is 13.2 Å². The molecule has 3 N–H and O–H groups in total. The van der Waals surface area contributed by atoms with E-state index >= 15 is 0 Å². The molecule has 1 heterocycles. The lowest BCUT2D eigenvalue weighted by molar-refractivity contribution is -0.301. The van der Waals surface area contributed by atoms with Gasteiger partial charge in [0.15, 0.2) is 24.6 Å². The van der Waals surface area contributed by atoms with Crippen molar-refractivity contribution in [2.45, 2.75) is 289 Å². The van der Waals surface area contributed by atoms with Crippen LogP contribution in [0.1, 0.15) is 252 Å². The van der Waals surface area contributed by atoms with E-state index < -0.39 is 67.3 Å². The Morgan fingerprint density at radius 2 is 0.863 bits per heavy atom. The van der Waals surface area contributed by atoms with E-state index in [0.717, 1.165) is 96.3 Å². The van der Waals surface area contributed by atoms with E-state index in [9.17, 15) is 34.5 Å². The summed E-state index contributed by atoms with van der Waals surface area (Å²) in [5.41, 5.74) is 0. The number of rotatable bonds is 49. The van der Waals surface area contributed by atoms with Gasteiger partial charge in [0.05, 0.1) is 6.61 Å². The maximum Gasteiger partial charge on any atom is 0.335 e. The van der Waals surface area contributed by atoms with E-state index in [4.69, 9.17) is 23.7 Å². The maximum atomic E-state index is 13.1. The number of ether oxygens (including phenoxy) is 5. The van der Waals surface area contributed by atoms with Crippen LogP contribution < -0.4 is 0 Å². The summed E-state index contributed by atoms with van der Waals surface area (Å²) < 4.78 is 28.4. The number of unbranched alkanes of at least 4 members (excludes halogenated alkanes) is 25. The zero-order chi connectivity index (χ0) is 53.3. The van der Waals surface area contributed by atoms with Crippen molar-refractivity contribution in [3.05, 3.63) is 60.8 Å². The second-order valence-corrected chi connectivity index (χ2v) is 19.9. The molecule has 0 aromatic carbocycles. The lowest BCUT2D eigenvalue weighted by Crippen LogP contribution is -2.61. The molecule has 1 fully saturated rings. The Bertz CT molecular complexity index is 1500. The Morgan fingerprint density at radius 3 is 1.32 bits per heavy atom. The van der Waals surface area contributed by atoms with Crippen LogP contribution in [0.25, 0.3) is 0 Å². The smallest absolute Gasteiger partial charge is 0.335 e. The van der Waals surface area contributed by atoms with Gasteiger partial charge >= 0.3 is 23.9 Å². The first-order chi connectivity index (χ1) is 35.6. The van der Waals surface area contributed by atoms with Gasteiger partial charge in [0.25, 0.3) is 0 Å². The average Bonchev–Trinajstić information content (AvgIpc) is 3.37. The molecule has 73 heavy (non-hydrogen) atoms. The van der Waals surface area contributed by atoms with Gasteiger partial charge in [-0.3, -0.25) is 14.4 Å². The third-order valence-corrected chi connectivity index (χ3v) is 13.1. The van der Waals surface area contributed by atoms with Crippen molar-refractivity contribution in [1.29, 1.82) is 0 Å². The zero-order valence-electron chi connectivity index (χ0n) is 46.1. The van der Waals surface area contributed by atoms with Crippen LogP contribution in [-0.4, -0.2) is 89.2 Å². The van der Waals surface area contributed by atoms with E-state index in [-0.39, 0.29) is 25.9 Å². The quantitative estimate of drug-likeness (QED) is 0.0228. The van der Waals surface area contributed by atoms with Crippen LogP contribution in [0.3, 0.4) is 0 Å². The third-order valence-electron chi connectivity index (χ3n) is 13.1. The van der Waals surface area contributed by atoms with Crippen LogP contribution in [0, 0.1) is 0 Å². The van der Waals surface area contributed by atoms with Crippen molar-refractivity contribution in [1.82, 2.24) is 0 Å².